The minimum Gasteiger partial charge on any atom is -0.488 e. The van der Waals surface area contributed by atoms with Crippen LogP contribution >= 0.6 is 0 Å². The number of hydrogen-bond acceptors (Lipinski definition) is 5. The topological polar surface area (TPSA) is 73.9 Å². The highest BCUT2D eigenvalue weighted by molar-refractivity contribution is 6.39. The molecular formula is C23H26F2N4O3. The van der Waals surface area contributed by atoms with E-state index in [0.29, 0.717) is 11.3 Å². The molecule has 2 N–H and O–H groups in total. The van der Waals surface area contributed by atoms with Crippen molar-refractivity contribution in [2.24, 2.45) is 0 Å². The van der Waals surface area contributed by atoms with Crippen LogP contribution in [0.2, 0.25) is 0 Å². The van der Waals surface area contributed by atoms with Crippen LogP contribution in [-0.4, -0.2) is 62.6 Å². The molecule has 0 bridgehead atoms. The van der Waals surface area contributed by atoms with Gasteiger partial charge in [0.1, 0.15) is 12.4 Å². The summed E-state index contributed by atoms with van der Waals surface area (Å²) in [5.41, 5.74) is 2.96. The third kappa shape index (κ3) is 4.83. The molecule has 2 aromatic rings. The smallest absolute Gasteiger partial charge is 0.313 e. The van der Waals surface area contributed by atoms with Gasteiger partial charge < -0.3 is 25.2 Å². The molecule has 4 rings (SSSR count). The zero-order valence-electron chi connectivity index (χ0n) is 18.1. The summed E-state index contributed by atoms with van der Waals surface area (Å²) in [5, 5.41) is 5.17. The summed E-state index contributed by atoms with van der Waals surface area (Å²) in [5.74, 6) is -3.16. The Kier molecular flexibility index (Phi) is 6.27. The van der Waals surface area contributed by atoms with Crippen LogP contribution in [0.4, 0.5) is 20.2 Å². The van der Waals surface area contributed by atoms with E-state index >= 15 is 0 Å². The van der Waals surface area contributed by atoms with E-state index in [9.17, 15) is 18.4 Å². The minimum atomic E-state index is -0.834. The van der Waals surface area contributed by atoms with Gasteiger partial charge in [-0.3, -0.25) is 9.59 Å². The summed E-state index contributed by atoms with van der Waals surface area (Å²) in [6.45, 7) is 5.82. The van der Waals surface area contributed by atoms with E-state index in [-0.39, 0.29) is 18.8 Å². The van der Waals surface area contributed by atoms with E-state index < -0.39 is 29.5 Å². The number of carbonyl (C=O) groups excluding carboxylic acids is 2. The Balaban J connectivity index is 1.35. The first-order valence-corrected chi connectivity index (χ1v) is 10.6. The number of amides is 2. The fraction of sp³-hybridized carbons (Fsp3) is 0.391. The van der Waals surface area contributed by atoms with Crippen LogP contribution in [0.1, 0.15) is 11.1 Å². The predicted octanol–water partition coefficient (Wildman–Crippen LogP) is 2.08. The number of hydrogen-bond donors (Lipinski definition) is 2. The molecule has 1 atom stereocenters. The summed E-state index contributed by atoms with van der Waals surface area (Å²) in [4.78, 5) is 29.3. The highest BCUT2D eigenvalue weighted by Crippen LogP contribution is 2.29. The summed E-state index contributed by atoms with van der Waals surface area (Å²) in [7, 11) is 2.10. The quantitative estimate of drug-likeness (QED) is 0.710. The predicted molar refractivity (Wildman–Crippen MR) is 117 cm³/mol. The summed E-state index contributed by atoms with van der Waals surface area (Å²) < 4.78 is 32.5. The first-order valence-electron chi connectivity index (χ1n) is 10.6. The van der Waals surface area contributed by atoms with Crippen molar-refractivity contribution < 1.29 is 23.1 Å². The average Bonchev–Trinajstić information content (AvgIpc) is 2.74. The van der Waals surface area contributed by atoms with E-state index in [1.807, 2.05) is 19.1 Å². The summed E-state index contributed by atoms with van der Waals surface area (Å²) in [6, 6.07) is 6.91. The molecule has 2 aliphatic rings. The molecule has 32 heavy (non-hydrogen) atoms. The Labute approximate surface area is 185 Å². The molecule has 1 unspecified atom stereocenters. The normalized spacial score (nSPS) is 18.5. The molecule has 7 nitrogen and oxygen atoms in total. The zero-order chi connectivity index (χ0) is 22.8. The average molecular weight is 444 g/mol. The molecule has 1 saturated heterocycles. The van der Waals surface area contributed by atoms with Gasteiger partial charge >= 0.3 is 11.8 Å². The molecule has 9 heteroatoms. The van der Waals surface area contributed by atoms with Crippen LogP contribution < -0.4 is 20.3 Å². The van der Waals surface area contributed by atoms with Crippen molar-refractivity contribution in [3.8, 4) is 5.75 Å². The second-order valence-corrected chi connectivity index (χ2v) is 8.31. The molecular weight excluding hydrogens is 418 g/mol. The number of aryl methyl sites for hydroxylation is 1. The summed E-state index contributed by atoms with van der Waals surface area (Å²) >= 11 is 0. The van der Waals surface area contributed by atoms with E-state index in [4.69, 9.17) is 4.74 Å². The van der Waals surface area contributed by atoms with E-state index in [1.165, 1.54) is 6.07 Å². The number of nitrogens with zero attached hydrogens (tertiary/aromatic N) is 2. The Bertz CT molecular complexity index is 1040. The maximum absolute atomic E-state index is 13.8. The fourth-order valence-corrected chi connectivity index (χ4v) is 4.10. The van der Waals surface area contributed by atoms with Crippen molar-refractivity contribution in [1.82, 2.24) is 10.2 Å². The molecule has 2 aliphatic heterocycles. The van der Waals surface area contributed by atoms with Gasteiger partial charge in [-0.05, 0) is 50.2 Å². The van der Waals surface area contributed by atoms with Gasteiger partial charge in [-0.15, -0.1) is 0 Å². The third-order valence-electron chi connectivity index (χ3n) is 5.82. The number of halogens is 2. The Morgan fingerprint density at radius 2 is 1.81 bits per heavy atom. The second-order valence-electron chi connectivity index (χ2n) is 8.31. The van der Waals surface area contributed by atoms with Gasteiger partial charge in [0.25, 0.3) is 0 Å². The van der Waals surface area contributed by atoms with E-state index in [1.54, 1.807) is 6.07 Å². The lowest BCUT2D eigenvalue weighted by atomic mass is 10.0. The number of carbonyl (C=O) groups is 2. The third-order valence-corrected chi connectivity index (χ3v) is 5.82. The van der Waals surface area contributed by atoms with Gasteiger partial charge in [-0.2, -0.15) is 0 Å². The number of nitrogens with one attached hydrogen (secondary N) is 2. The highest BCUT2D eigenvalue weighted by Gasteiger charge is 2.27. The molecule has 2 aromatic carbocycles. The van der Waals surface area contributed by atoms with Crippen LogP contribution in [0.5, 0.6) is 5.75 Å². The lowest BCUT2D eigenvalue weighted by Crippen LogP contribution is -2.47. The van der Waals surface area contributed by atoms with Crippen molar-refractivity contribution in [3.05, 3.63) is 53.1 Å². The number of rotatable bonds is 3. The SMILES string of the molecule is Cc1cc(NC(=O)C(=O)NC2COc3c(F)cc(F)cc3C2)ccc1N1CCN(C)CC1. The van der Waals surface area contributed by atoms with E-state index in [2.05, 4.69) is 27.5 Å². The molecule has 0 aliphatic carbocycles. The van der Waals surface area contributed by atoms with Crippen LogP contribution in [0.25, 0.3) is 0 Å². The van der Waals surface area contributed by atoms with Crippen molar-refractivity contribution in [1.29, 1.82) is 0 Å². The molecule has 0 saturated carbocycles. The van der Waals surface area contributed by atoms with Crippen LogP contribution in [0, 0.1) is 18.6 Å². The number of piperazine rings is 1. The Morgan fingerprint density at radius 1 is 1.06 bits per heavy atom. The van der Waals surface area contributed by atoms with Crippen molar-refractivity contribution >= 4 is 23.2 Å². The second kappa shape index (κ2) is 9.12. The lowest BCUT2D eigenvalue weighted by Gasteiger charge is -2.35. The minimum absolute atomic E-state index is 0.00655. The lowest BCUT2D eigenvalue weighted by molar-refractivity contribution is -0.136. The van der Waals surface area contributed by atoms with Gasteiger partial charge in [0.15, 0.2) is 11.6 Å². The van der Waals surface area contributed by atoms with Crippen LogP contribution in [0.3, 0.4) is 0 Å². The number of anilines is 2. The molecule has 0 radical (unpaired) electrons. The molecule has 1 fully saturated rings. The van der Waals surface area contributed by atoms with Gasteiger partial charge in [0.05, 0.1) is 6.04 Å². The van der Waals surface area contributed by atoms with Gasteiger partial charge in [-0.25, -0.2) is 8.78 Å². The van der Waals surface area contributed by atoms with Gasteiger partial charge in [0, 0.05) is 49.2 Å². The first kappa shape index (κ1) is 22.0. The highest BCUT2D eigenvalue weighted by atomic mass is 19.1. The maximum atomic E-state index is 13.8. The Hall–Kier alpha value is -3.20. The number of fused-ring (bicyclic) bond motifs is 1. The molecule has 0 spiro atoms. The van der Waals surface area contributed by atoms with Gasteiger partial charge in [0.2, 0.25) is 0 Å². The number of ether oxygens (including phenoxy) is 1. The molecule has 170 valence electrons. The number of benzene rings is 2. The molecule has 2 amide bonds. The standard InChI is InChI=1S/C23H26F2N4O3/c1-14-9-17(3-4-20(14)29-7-5-28(2)6-8-29)26-22(30)23(31)27-18-11-15-10-16(24)12-19(25)21(15)32-13-18/h3-4,9-10,12,18H,5-8,11,13H2,1-2H3,(H,26,30)(H,27,31). The maximum Gasteiger partial charge on any atom is 0.313 e. The van der Waals surface area contributed by atoms with Crippen LogP contribution in [0.15, 0.2) is 30.3 Å². The summed E-state index contributed by atoms with van der Waals surface area (Å²) in [6.07, 6.45) is 0.169. The zero-order valence-corrected chi connectivity index (χ0v) is 18.1. The van der Waals surface area contributed by atoms with E-state index in [0.717, 1.165) is 43.5 Å². The largest absolute Gasteiger partial charge is 0.488 e. The van der Waals surface area contributed by atoms with Crippen LogP contribution in [-0.2, 0) is 16.0 Å². The van der Waals surface area contributed by atoms with Gasteiger partial charge in [-0.1, -0.05) is 0 Å². The molecule has 0 aromatic heterocycles. The number of likely N-dealkylation sites (N-methyl/N-ethyl adjacent to an activating group) is 1. The van der Waals surface area contributed by atoms with Crippen molar-refractivity contribution in [2.45, 2.75) is 19.4 Å². The fourth-order valence-electron chi connectivity index (χ4n) is 4.10. The molecule has 2 heterocycles. The van der Waals surface area contributed by atoms with Crippen molar-refractivity contribution in [3.63, 3.8) is 0 Å². The first-order chi connectivity index (χ1) is 15.3. The monoisotopic (exact) mass is 444 g/mol. The Morgan fingerprint density at radius 3 is 2.53 bits per heavy atom. The van der Waals surface area contributed by atoms with Crippen molar-refractivity contribution in [2.75, 3.05) is 50.1 Å².